The van der Waals surface area contributed by atoms with Crippen LogP contribution < -0.4 is 0 Å². The smallest absolute Gasteiger partial charge is 0.258 e. The minimum Gasteiger partial charge on any atom is -0.347 e. The molecule has 3 aromatic rings. The molecule has 0 fully saturated rings. The topological polar surface area (TPSA) is 51.0 Å². The van der Waals surface area contributed by atoms with Crippen molar-refractivity contribution in [3.63, 3.8) is 0 Å². The molecule has 1 amide bonds. The van der Waals surface area contributed by atoms with Crippen molar-refractivity contribution in [2.24, 2.45) is 0 Å². The fraction of sp³-hybridized carbons (Fsp3) is 0.188. The standard InChI is InChI=1S/C16H13F3N4O/c1-22(2)14(24)8-23-13-5-10(7-20-15(13)16(19)21-23)9-3-11(17)6-12(18)4-9/h3-7H,8H2,1-2H3. The Morgan fingerprint density at radius 2 is 1.75 bits per heavy atom. The Balaban J connectivity index is 2.11. The van der Waals surface area contributed by atoms with Crippen LogP contribution in [-0.2, 0) is 11.3 Å². The molecule has 5 nitrogen and oxygen atoms in total. The number of nitrogens with zero attached hydrogens (tertiary/aromatic N) is 4. The van der Waals surface area contributed by atoms with Gasteiger partial charge in [-0.25, -0.2) is 13.8 Å². The Morgan fingerprint density at radius 3 is 2.38 bits per heavy atom. The summed E-state index contributed by atoms with van der Waals surface area (Å²) < 4.78 is 41.8. The zero-order chi connectivity index (χ0) is 17.4. The monoisotopic (exact) mass is 334 g/mol. The second kappa shape index (κ2) is 5.95. The summed E-state index contributed by atoms with van der Waals surface area (Å²) in [5.41, 5.74) is 0.903. The zero-order valence-corrected chi connectivity index (χ0v) is 12.9. The van der Waals surface area contributed by atoms with Crippen molar-refractivity contribution in [1.29, 1.82) is 0 Å². The molecule has 0 N–H and O–H groups in total. The van der Waals surface area contributed by atoms with Crippen molar-refractivity contribution in [1.82, 2.24) is 19.7 Å². The first-order valence-corrected chi connectivity index (χ1v) is 7.04. The number of carbonyl (C=O) groups excluding carboxylic acids is 1. The third-order valence-corrected chi connectivity index (χ3v) is 3.53. The number of halogens is 3. The summed E-state index contributed by atoms with van der Waals surface area (Å²) in [4.78, 5) is 17.1. The molecule has 0 saturated heterocycles. The molecule has 0 saturated carbocycles. The number of rotatable bonds is 3. The minimum absolute atomic E-state index is 0.0119. The van der Waals surface area contributed by atoms with Crippen molar-refractivity contribution in [3.8, 4) is 11.1 Å². The van der Waals surface area contributed by atoms with Gasteiger partial charge in [0, 0.05) is 31.9 Å². The van der Waals surface area contributed by atoms with E-state index in [2.05, 4.69) is 10.1 Å². The van der Waals surface area contributed by atoms with Crippen LogP contribution in [0.15, 0.2) is 30.5 Å². The Hall–Kier alpha value is -2.90. The molecule has 124 valence electrons. The summed E-state index contributed by atoms with van der Waals surface area (Å²) >= 11 is 0. The SMILES string of the molecule is CN(C)C(=O)Cn1nc(F)c2ncc(-c3cc(F)cc(F)c3)cc21. The summed E-state index contributed by atoms with van der Waals surface area (Å²) in [5, 5.41) is 3.67. The van der Waals surface area contributed by atoms with E-state index in [0.29, 0.717) is 5.56 Å². The molecule has 0 atom stereocenters. The van der Waals surface area contributed by atoms with Crippen molar-refractivity contribution in [2.45, 2.75) is 6.54 Å². The van der Waals surface area contributed by atoms with Crippen molar-refractivity contribution < 1.29 is 18.0 Å². The Kier molecular flexibility index (Phi) is 3.96. The van der Waals surface area contributed by atoms with Gasteiger partial charge in [0.1, 0.15) is 23.7 Å². The van der Waals surface area contributed by atoms with Gasteiger partial charge in [0.05, 0.1) is 5.52 Å². The molecular formula is C16H13F3N4O. The molecule has 0 bridgehead atoms. The van der Waals surface area contributed by atoms with Gasteiger partial charge in [-0.1, -0.05) is 0 Å². The fourth-order valence-corrected chi connectivity index (χ4v) is 2.28. The minimum atomic E-state index is -0.812. The highest BCUT2D eigenvalue weighted by atomic mass is 19.1. The number of aromatic nitrogens is 3. The highest BCUT2D eigenvalue weighted by molar-refractivity contribution is 5.83. The molecule has 0 aliphatic carbocycles. The second-order valence-electron chi connectivity index (χ2n) is 5.49. The van der Waals surface area contributed by atoms with Gasteiger partial charge in [-0.2, -0.15) is 4.39 Å². The first-order valence-electron chi connectivity index (χ1n) is 7.04. The lowest BCUT2D eigenvalue weighted by molar-refractivity contribution is -0.129. The van der Waals surface area contributed by atoms with Crippen LogP contribution in [0.5, 0.6) is 0 Å². The van der Waals surface area contributed by atoms with Crippen LogP contribution in [0.4, 0.5) is 13.2 Å². The first kappa shape index (κ1) is 16.0. The van der Waals surface area contributed by atoms with E-state index in [0.717, 1.165) is 18.2 Å². The van der Waals surface area contributed by atoms with Gasteiger partial charge in [0.2, 0.25) is 5.91 Å². The Bertz CT molecular complexity index is 916. The Morgan fingerprint density at radius 1 is 1.08 bits per heavy atom. The number of hydrogen-bond donors (Lipinski definition) is 0. The highest BCUT2D eigenvalue weighted by Crippen LogP contribution is 2.25. The molecule has 0 aliphatic rings. The van der Waals surface area contributed by atoms with Crippen molar-refractivity contribution in [2.75, 3.05) is 14.1 Å². The predicted molar refractivity (Wildman–Crippen MR) is 81.5 cm³/mol. The quantitative estimate of drug-likeness (QED) is 0.740. The van der Waals surface area contributed by atoms with Gasteiger partial charge in [0.15, 0.2) is 0 Å². The molecule has 0 spiro atoms. The largest absolute Gasteiger partial charge is 0.347 e. The molecule has 1 aromatic carbocycles. The van der Waals surface area contributed by atoms with Gasteiger partial charge in [-0.3, -0.25) is 9.48 Å². The van der Waals surface area contributed by atoms with Crippen LogP contribution >= 0.6 is 0 Å². The van der Waals surface area contributed by atoms with E-state index in [1.165, 1.54) is 21.8 Å². The van der Waals surface area contributed by atoms with Gasteiger partial charge >= 0.3 is 0 Å². The zero-order valence-electron chi connectivity index (χ0n) is 12.9. The van der Waals surface area contributed by atoms with Crippen LogP contribution in [0.1, 0.15) is 0 Å². The maximum Gasteiger partial charge on any atom is 0.258 e. The van der Waals surface area contributed by atoms with Crippen LogP contribution in [0.3, 0.4) is 0 Å². The number of carbonyl (C=O) groups is 1. The summed E-state index contributed by atoms with van der Waals surface area (Å²) in [5.74, 6) is -2.55. The number of pyridine rings is 1. The fourth-order valence-electron chi connectivity index (χ4n) is 2.28. The molecule has 3 rings (SSSR count). The van der Waals surface area contributed by atoms with E-state index in [9.17, 15) is 18.0 Å². The molecule has 2 heterocycles. The van der Waals surface area contributed by atoms with Crippen molar-refractivity contribution in [3.05, 3.63) is 48.0 Å². The number of hydrogen-bond acceptors (Lipinski definition) is 3. The average molecular weight is 334 g/mol. The number of benzene rings is 1. The van der Waals surface area contributed by atoms with E-state index in [1.54, 1.807) is 14.1 Å². The molecule has 0 radical (unpaired) electrons. The molecule has 24 heavy (non-hydrogen) atoms. The Labute approximate surface area is 135 Å². The number of fused-ring (bicyclic) bond motifs is 1. The average Bonchev–Trinajstić information content (AvgIpc) is 2.82. The normalized spacial score (nSPS) is 11.0. The van der Waals surface area contributed by atoms with Crippen LogP contribution in [0.2, 0.25) is 0 Å². The summed E-state index contributed by atoms with van der Waals surface area (Å²) in [6, 6.07) is 4.55. The van der Waals surface area contributed by atoms with Gasteiger partial charge in [0.25, 0.3) is 5.95 Å². The maximum atomic E-state index is 13.9. The third-order valence-electron chi connectivity index (χ3n) is 3.53. The summed E-state index contributed by atoms with van der Waals surface area (Å²) in [6.45, 7) is -0.171. The maximum absolute atomic E-state index is 13.9. The molecule has 0 aliphatic heterocycles. The van der Waals surface area contributed by atoms with E-state index in [4.69, 9.17) is 0 Å². The van der Waals surface area contributed by atoms with E-state index in [-0.39, 0.29) is 29.0 Å². The lowest BCUT2D eigenvalue weighted by Gasteiger charge is -2.10. The van der Waals surface area contributed by atoms with Gasteiger partial charge < -0.3 is 4.90 Å². The number of amides is 1. The predicted octanol–water partition coefficient (Wildman–Crippen LogP) is 2.60. The summed E-state index contributed by atoms with van der Waals surface area (Å²) in [6.07, 6.45) is 1.30. The lowest BCUT2D eigenvalue weighted by Crippen LogP contribution is -2.26. The van der Waals surface area contributed by atoms with E-state index in [1.807, 2.05) is 0 Å². The van der Waals surface area contributed by atoms with E-state index >= 15 is 0 Å². The number of likely N-dealkylation sites (N-methyl/N-ethyl adjacent to an activating group) is 1. The highest BCUT2D eigenvalue weighted by Gasteiger charge is 2.16. The molecule has 2 aromatic heterocycles. The molecule has 0 unspecified atom stereocenters. The molecule has 8 heteroatoms. The first-order chi connectivity index (χ1) is 11.3. The van der Waals surface area contributed by atoms with Crippen LogP contribution in [0, 0.1) is 17.6 Å². The van der Waals surface area contributed by atoms with Crippen molar-refractivity contribution >= 4 is 16.9 Å². The molecular weight excluding hydrogens is 321 g/mol. The van der Waals surface area contributed by atoms with Gasteiger partial charge in [-0.05, 0) is 23.8 Å². The van der Waals surface area contributed by atoms with Crippen LogP contribution in [0.25, 0.3) is 22.2 Å². The summed E-state index contributed by atoms with van der Waals surface area (Å²) in [7, 11) is 3.15. The second-order valence-corrected chi connectivity index (χ2v) is 5.49. The lowest BCUT2D eigenvalue weighted by atomic mass is 10.1. The third kappa shape index (κ3) is 2.94. The van der Waals surface area contributed by atoms with Crippen LogP contribution in [-0.4, -0.2) is 39.7 Å². The van der Waals surface area contributed by atoms with Gasteiger partial charge in [-0.15, -0.1) is 5.10 Å². The van der Waals surface area contributed by atoms with E-state index < -0.39 is 17.6 Å².